The minimum Gasteiger partial charge on any atom is -0.491 e. The van der Waals surface area contributed by atoms with E-state index >= 15 is 0 Å². The van der Waals surface area contributed by atoms with E-state index in [2.05, 4.69) is 0 Å². The van der Waals surface area contributed by atoms with Crippen molar-refractivity contribution in [2.45, 2.75) is 44.2 Å². The van der Waals surface area contributed by atoms with Gasteiger partial charge in [0.1, 0.15) is 5.75 Å². The summed E-state index contributed by atoms with van der Waals surface area (Å²) in [6.07, 6.45) is 0.0652. The van der Waals surface area contributed by atoms with Crippen molar-refractivity contribution in [3.8, 4) is 5.75 Å². The fraction of sp³-hybridized carbons (Fsp3) is 0.538. The van der Waals surface area contributed by atoms with Crippen LogP contribution in [-0.4, -0.2) is 25.8 Å². The average Bonchev–Trinajstić information content (AvgIpc) is 2.13. The van der Waals surface area contributed by atoms with Crippen LogP contribution in [0.1, 0.15) is 27.7 Å². The molecule has 0 radical (unpaired) electrons. The van der Waals surface area contributed by atoms with E-state index in [1.165, 1.54) is 0 Å². The molecule has 0 aromatic heterocycles. The third-order valence-electron chi connectivity index (χ3n) is 2.12. The predicted molar refractivity (Wildman–Crippen MR) is 72.5 cm³/mol. The molecule has 1 aromatic rings. The molecule has 0 spiro atoms. The molecule has 0 fully saturated rings. The lowest BCUT2D eigenvalue weighted by molar-refractivity contribution is 0.242. The lowest BCUT2D eigenvalue weighted by Gasteiger charge is -2.18. The molecular weight excluding hydrogens is 250 g/mol. The van der Waals surface area contributed by atoms with Crippen LogP contribution in [0.2, 0.25) is 0 Å². The molecule has 1 aromatic carbocycles. The Hall–Kier alpha value is -1.07. The van der Waals surface area contributed by atoms with E-state index in [0.29, 0.717) is 5.75 Å². The number of benzene rings is 1. The first-order chi connectivity index (χ1) is 8.10. The molecule has 0 aliphatic carbocycles. The Kier molecular flexibility index (Phi) is 4.40. The van der Waals surface area contributed by atoms with Gasteiger partial charge in [0, 0.05) is 5.54 Å². The number of rotatable bonds is 5. The molecule has 0 heterocycles. The van der Waals surface area contributed by atoms with Gasteiger partial charge in [-0.3, -0.25) is 0 Å². The van der Waals surface area contributed by atoms with E-state index in [4.69, 9.17) is 10.5 Å². The van der Waals surface area contributed by atoms with Gasteiger partial charge in [0.2, 0.25) is 0 Å². The third kappa shape index (κ3) is 4.66. The first-order valence-corrected chi connectivity index (χ1v) is 7.54. The molecule has 0 saturated carbocycles. The third-order valence-corrected chi connectivity index (χ3v) is 4.23. The Labute approximate surface area is 109 Å². The van der Waals surface area contributed by atoms with Crippen molar-refractivity contribution in [2.24, 2.45) is 5.73 Å². The molecule has 0 unspecified atom stereocenters. The second-order valence-corrected chi connectivity index (χ2v) is 7.38. The smallest absolute Gasteiger partial charge is 0.180 e. The van der Waals surface area contributed by atoms with Gasteiger partial charge in [0.15, 0.2) is 9.84 Å². The fourth-order valence-corrected chi connectivity index (χ4v) is 3.27. The molecule has 0 aliphatic heterocycles. The average molecular weight is 271 g/mol. The van der Waals surface area contributed by atoms with Gasteiger partial charge < -0.3 is 10.5 Å². The SMILES string of the molecule is CC(C)Oc1ccc(S(=O)(=O)CC(C)(C)N)cc1. The van der Waals surface area contributed by atoms with E-state index in [1.807, 2.05) is 13.8 Å². The Balaban J connectivity index is 2.91. The van der Waals surface area contributed by atoms with Gasteiger partial charge in [0.05, 0.1) is 16.8 Å². The lowest BCUT2D eigenvalue weighted by Crippen LogP contribution is -2.39. The van der Waals surface area contributed by atoms with Crippen LogP contribution in [0.5, 0.6) is 5.75 Å². The molecule has 5 heteroatoms. The van der Waals surface area contributed by atoms with Crippen LogP contribution in [0.3, 0.4) is 0 Å². The molecule has 0 bridgehead atoms. The highest BCUT2D eigenvalue weighted by Crippen LogP contribution is 2.19. The molecule has 0 aliphatic rings. The zero-order valence-corrected chi connectivity index (χ0v) is 12.1. The van der Waals surface area contributed by atoms with Crippen molar-refractivity contribution < 1.29 is 13.2 Å². The van der Waals surface area contributed by atoms with Crippen molar-refractivity contribution >= 4 is 9.84 Å². The van der Waals surface area contributed by atoms with Crippen molar-refractivity contribution in [1.29, 1.82) is 0 Å². The van der Waals surface area contributed by atoms with Gasteiger partial charge in [-0.2, -0.15) is 0 Å². The van der Waals surface area contributed by atoms with Gasteiger partial charge in [0.25, 0.3) is 0 Å². The summed E-state index contributed by atoms with van der Waals surface area (Å²) in [7, 11) is -3.34. The molecular formula is C13H21NO3S. The summed E-state index contributed by atoms with van der Waals surface area (Å²) in [5.41, 5.74) is 5.01. The highest BCUT2D eigenvalue weighted by Gasteiger charge is 2.23. The van der Waals surface area contributed by atoms with Gasteiger partial charge in [-0.05, 0) is 52.0 Å². The van der Waals surface area contributed by atoms with Crippen LogP contribution >= 0.6 is 0 Å². The molecule has 0 saturated heterocycles. The monoisotopic (exact) mass is 271 g/mol. The zero-order valence-electron chi connectivity index (χ0n) is 11.3. The van der Waals surface area contributed by atoms with E-state index in [-0.39, 0.29) is 16.8 Å². The van der Waals surface area contributed by atoms with Crippen molar-refractivity contribution in [3.05, 3.63) is 24.3 Å². The summed E-state index contributed by atoms with van der Waals surface area (Å²) in [4.78, 5) is 0.275. The van der Waals surface area contributed by atoms with Gasteiger partial charge in [-0.1, -0.05) is 0 Å². The Morgan fingerprint density at radius 2 is 1.72 bits per heavy atom. The number of nitrogens with two attached hydrogens (primary N) is 1. The largest absolute Gasteiger partial charge is 0.491 e. The van der Waals surface area contributed by atoms with Crippen LogP contribution in [0.4, 0.5) is 0 Å². The summed E-state index contributed by atoms with van der Waals surface area (Å²) in [6.45, 7) is 7.23. The molecule has 18 heavy (non-hydrogen) atoms. The van der Waals surface area contributed by atoms with E-state index in [0.717, 1.165) is 0 Å². The van der Waals surface area contributed by atoms with Crippen LogP contribution in [0.25, 0.3) is 0 Å². The molecule has 2 N–H and O–H groups in total. The van der Waals surface area contributed by atoms with Crippen molar-refractivity contribution in [2.75, 3.05) is 5.75 Å². The minimum absolute atomic E-state index is 0.0652. The highest BCUT2D eigenvalue weighted by molar-refractivity contribution is 7.91. The minimum atomic E-state index is -3.34. The zero-order chi connectivity index (χ0) is 14.0. The number of sulfone groups is 1. The lowest BCUT2D eigenvalue weighted by atomic mass is 10.1. The Morgan fingerprint density at radius 1 is 1.22 bits per heavy atom. The maximum absolute atomic E-state index is 12.1. The van der Waals surface area contributed by atoms with Crippen molar-refractivity contribution in [3.63, 3.8) is 0 Å². The Bertz CT molecular complexity index is 484. The standard InChI is InChI=1S/C13H21NO3S/c1-10(2)17-11-5-7-12(8-6-11)18(15,16)9-13(3,4)14/h5-8,10H,9,14H2,1-4H3. The van der Waals surface area contributed by atoms with E-state index in [1.54, 1.807) is 38.1 Å². The topological polar surface area (TPSA) is 69.4 Å². The van der Waals surface area contributed by atoms with E-state index in [9.17, 15) is 8.42 Å². The number of hydrogen-bond donors (Lipinski definition) is 1. The highest BCUT2D eigenvalue weighted by atomic mass is 32.2. The molecule has 0 atom stereocenters. The fourth-order valence-electron chi connectivity index (χ4n) is 1.57. The van der Waals surface area contributed by atoms with Gasteiger partial charge in [-0.25, -0.2) is 8.42 Å². The first-order valence-electron chi connectivity index (χ1n) is 5.88. The Morgan fingerprint density at radius 3 is 2.11 bits per heavy atom. The molecule has 1 rings (SSSR count). The van der Waals surface area contributed by atoms with Gasteiger partial charge >= 0.3 is 0 Å². The molecule has 4 nitrogen and oxygen atoms in total. The normalized spacial score (nSPS) is 12.8. The first kappa shape index (κ1) is 15.0. The van der Waals surface area contributed by atoms with Gasteiger partial charge in [-0.15, -0.1) is 0 Å². The number of hydrogen-bond acceptors (Lipinski definition) is 4. The van der Waals surface area contributed by atoms with Crippen LogP contribution < -0.4 is 10.5 Å². The van der Waals surface area contributed by atoms with Crippen LogP contribution in [0.15, 0.2) is 29.2 Å². The summed E-state index contributed by atoms with van der Waals surface area (Å²) in [5.74, 6) is 0.584. The summed E-state index contributed by atoms with van der Waals surface area (Å²) in [6, 6.07) is 6.43. The van der Waals surface area contributed by atoms with Crippen LogP contribution in [-0.2, 0) is 9.84 Å². The summed E-state index contributed by atoms with van der Waals surface area (Å²) in [5, 5.41) is 0. The summed E-state index contributed by atoms with van der Waals surface area (Å²) >= 11 is 0. The quantitative estimate of drug-likeness (QED) is 0.889. The molecule has 0 amide bonds. The van der Waals surface area contributed by atoms with Crippen molar-refractivity contribution in [1.82, 2.24) is 0 Å². The maximum Gasteiger partial charge on any atom is 0.180 e. The second kappa shape index (κ2) is 5.28. The van der Waals surface area contributed by atoms with E-state index < -0.39 is 15.4 Å². The summed E-state index contributed by atoms with van der Waals surface area (Å²) < 4.78 is 29.6. The van der Waals surface area contributed by atoms with Crippen LogP contribution in [0, 0.1) is 0 Å². The second-order valence-electron chi connectivity index (χ2n) is 5.39. The number of ether oxygens (including phenoxy) is 1. The predicted octanol–water partition coefficient (Wildman–Crippen LogP) is 1.98. The molecule has 102 valence electrons. The maximum atomic E-state index is 12.1.